The molecule has 0 radical (unpaired) electrons. The van der Waals surface area contributed by atoms with E-state index >= 15 is 0 Å². The fourth-order valence-corrected chi connectivity index (χ4v) is 8.53. The number of likely N-dealkylation sites (tertiary alicyclic amines) is 1. The molecule has 0 saturated carbocycles. The maximum Gasteiger partial charge on any atom is 0.220 e. The Balaban J connectivity index is 1.09. The van der Waals surface area contributed by atoms with Crippen molar-refractivity contribution >= 4 is 17.5 Å². The second-order valence-corrected chi connectivity index (χ2v) is 15.5. The van der Waals surface area contributed by atoms with Crippen LogP contribution in [0.2, 0.25) is 5.02 Å². The van der Waals surface area contributed by atoms with Gasteiger partial charge in [-0.1, -0.05) is 41.9 Å². The molecule has 2 fully saturated rings. The molecule has 2 N–H and O–H groups in total. The second kappa shape index (κ2) is 17.2. The minimum Gasteiger partial charge on any atom is -0.493 e. The van der Waals surface area contributed by atoms with Crippen molar-refractivity contribution in [3.63, 3.8) is 0 Å². The van der Waals surface area contributed by atoms with Gasteiger partial charge in [0.2, 0.25) is 5.91 Å². The molecule has 9 nitrogen and oxygen atoms in total. The quantitative estimate of drug-likeness (QED) is 0.123. The summed E-state index contributed by atoms with van der Waals surface area (Å²) in [7, 11) is 0. The lowest BCUT2D eigenvalue weighted by molar-refractivity contribution is -0.122. The molecule has 2 aliphatic heterocycles. The molecule has 10 heteroatoms. The summed E-state index contributed by atoms with van der Waals surface area (Å²) in [4.78, 5) is 14.3. The molecule has 7 rings (SSSR count). The van der Waals surface area contributed by atoms with E-state index in [0.29, 0.717) is 71.4 Å². The van der Waals surface area contributed by atoms with Crippen LogP contribution in [0.4, 0.5) is 0 Å². The van der Waals surface area contributed by atoms with E-state index in [9.17, 15) is 15.3 Å². The zero-order chi connectivity index (χ0) is 38.5. The van der Waals surface area contributed by atoms with Gasteiger partial charge in [0.15, 0.2) is 0 Å². The van der Waals surface area contributed by atoms with Gasteiger partial charge in [-0.3, -0.25) is 9.69 Å². The van der Waals surface area contributed by atoms with Gasteiger partial charge in [0.05, 0.1) is 34.9 Å². The number of nitrogens with one attached hydrogen (secondary N) is 2. The summed E-state index contributed by atoms with van der Waals surface area (Å²) in [6.07, 6.45) is 4.96. The predicted octanol–water partition coefficient (Wildman–Crippen LogP) is 8.32. The normalized spacial score (nSPS) is 20.4. The van der Waals surface area contributed by atoms with E-state index in [2.05, 4.69) is 84.8 Å². The topological polar surface area (TPSA) is 120 Å². The number of carbonyl (C=O) groups is 1. The van der Waals surface area contributed by atoms with Crippen LogP contribution in [0, 0.1) is 29.6 Å². The molecule has 4 aromatic carbocycles. The fraction of sp³-hybridized carbons (Fsp3) is 0.400. The Labute approximate surface area is 329 Å². The number of hydrogen-bond acceptors (Lipinski definition) is 8. The van der Waals surface area contributed by atoms with Crippen LogP contribution in [-0.2, 0) is 24.4 Å². The van der Waals surface area contributed by atoms with Crippen LogP contribution in [0.15, 0.2) is 66.7 Å². The van der Waals surface area contributed by atoms with Crippen LogP contribution in [0.5, 0.6) is 17.2 Å². The maximum absolute atomic E-state index is 11.7. The number of fused-ring (bicyclic) bond motifs is 1. The summed E-state index contributed by atoms with van der Waals surface area (Å²) >= 11 is 6.95. The zero-order valence-electron chi connectivity index (χ0n) is 31.8. The molecule has 55 heavy (non-hydrogen) atoms. The summed E-state index contributed by atoms with van der Waals surface area (Å²) in [5, 5.41) is 25.9. The molecular formula is C45H48ClN5O4. The molecule has 4 aromatic rings. The van der Waals surface area contributed by atoms with E-state index in [1.807, 2.05) is 12.1 Å². The van der Waals surface area contributed by atoms with Crippen LogP contribution in [0.25, 0.3) is 11.1 Å². The Morgan fingerprint density at radius 1 is 0.909 bits per heavy atom. The molecule has 1 aliphatic carbocycles. The third-order valence-corrected chi connectivity index (χ3v) is 11.6. The van der Waals surface area contributed by atoms with Crippen LogP contribution >= 0.6 is 11.6 Å². The van der Waals surface area contributed by atoms with Crippen LogP contribution in [0.1, 0.15) is 91.0 Å². The van der Waals surface area contributed by atoms with Crippen LogP contribution < -0.4 is 24.8 Å². The van der Waals surface area contributed by atoms with Gasteiger partial charge in [-0.05, 0) is 117 Å². The fourth-order valence-electron chi connectivity index (χ4n) is 8.30. The third-order valence-electron chi connectivity index (χ3n) is 11.3. The van der Waals surface area contributed by atoms with Crippen molar-refractivity contribution in [1.29, 1.82) is 10.5 Å². The average molecular weight is 758 g/mol. The summed E-state index contributed by atoms with van der Waals surface area (Å²) in [5.74, 6) is 2.09. The second-order valence-electron chi connectivity index (χ2n) is 15.1. The predicted molar refractivity (Wildman–Crippen MR) is 213 cm³/mol. The molecule has 2 heterocycles. The Morgan fingerprint density at radius 2 is 1.67 bits per heavy atom. The number of nitrogens with zero attached hydrogens (tertiary/aromatic N) is 3. The summed E-state index contributed by atoms with van der Waals surface area (Å²) in [5.41, 5.74) is 8.25. The number of hydrogen-bond donors (Lipinski definition) is 2. The lowest BCUT2D eigenvalue weighted by atomic mass is 9.93. The van der Waals surface area contributed by atoms with Gasteiger partial charge >= 0.3 is 0 Å². The number of piperidine rings is 1. The van der Waals surface area contributed by atoms with Crippen molar-refractivity contribution in [2.24, 2.45) is 0 Å². The monoisotopic (exact) mass is 757 g/mol. The highest BCUT2D eigenvalue weighted by molar-refractivity contribution is 6.32. The van der Waals surface area contributed by atoms with Crippen molar-refractivity contribution in [3.05, 3.63) is 111 Å². The van der Waals surface area contributed by atoms with Crippen molar-refractivity contribution < 1.29 is 19.0 Å². The van der Waals surface area contributed by atoms with Crippen molar-refractivity contribution in [1.82, 2.24) is 15.5 Å². The number of ether oxygens (including phenoxy) is 3. The largest absolute Gasteiger partial charge is 0.493 e. The Morgan fingerprint density at radius 3 is 2.40 bits per heavy atom. The minimum absolute atomic E-state index is 0.0639. The minimum atomic E-state index is -0.202. The molecule has 2 saturated heterocycles. The van der Waals surface area contributed by atoms with E-state index in [0.717, 1.165) is 54.7 Å². The first-order valence-electron chi connectivity index (χ1n) is 19.4. The molecule has 0 spiro atoms. The average Bonchev–Trinajstić information content (AvgIpc) is 3.61. The van der Waals surface area contributed by atoms with Gasteiger partial charge in [0.25, 0.3) is 0 Å². The SMILES string of the molecule is Cc1c(OCCCN2C(C)C[C@@H]2C)cccc1-c1cccc2c1CC[C@@H]2Oc1cc(OCc2cc(C#N)cc(C#N)c2)c(CN[C@H]2CCC(=O)NC2)cc1Cl. The van der Waals surface area contributed by atoms with Gasteiger partial charge < -0.3 is 24.8 Å². The molecule has 3 aliphatic rings. The van der Waals surface area contributed by atoms with Crippen molar-refractivity contribution in [2.45, 2.75) is 96.7 Å². The lowest BCUT2D eigenvalue weighted by Crippen LogP contribution is -2.53. The van der Waals surface area contributed by atoms with Gasteiger partial charge in [0.1, 0.15) is 30.0 Å². The van der Waals surface area contributed by atoms with Crippen LogP contribution in [0.3, 0.4) is 0 Å². The number of halogens is 1. The van der Waals surface area contributed by atoms with E-state index < -0.39 is 0 Å². The number of amides is 1. The highest BCUT2D eigenvalue weighted by Gasteiger charge is 2.31. The van der Waals surface area contributed by atoms with E-state index in [1.54, 1.807) is 18.2 Å². The van der Waals surface area contributed by atoms with E-state index in [4.69, 9.17) is 25.8 Å². The highest BCUT2D eigenvalue weighted by atomic mass is 35.5. The summed E-state index contributed by atoms with van der Waals surface area (Å²) < 4.78 is 19.5. The molecule has 0 bridgehead atoms. The third kappa shape index (κ3) is 8.76. The standard InChI is InChI=1S/C45H48ClN5O4/c1-28-17-29(2)51(28)15-6-16-53-41-10-5-7-36(30(41)3)37-8-4-9-39-38(37)12-13-42(39)55-44-22-43(54-27-33-19-31(23-47)18-32(20-33)24-48)34(21-40(44)46)25-49-35-11-14-45(52)50-26-35/h4-5,7-10,18-22,28-29,35,42,49H,6,11-17,25-27H2,1-3H3,(H,50,52)/t28-,29?,35-,42-/m0/s1. The van der Waals surface area contributed by atoms with Gasteiger partial charge in [-0.15, -0.1) is 0 Å². The summed E-state index contributed by atoms with van der Waals surface area (Å²) in [6.45, 7) is 9.66. The smallest absolute Gasteiger partial charge is 0.220 e. The number of carbonyl (C=O) groups excluding carboxylic acids is 1. The molecule has 284 valence electrons. The Kier molecular flexibility index (Phi) is 11.9. The van der Waals surface area contributed by atoms with Crippen LogP contribution in [-0.4, -0.2) is 48.6 Å². The van der Waals surface area contributed by atoms with Gasteiger partial charge in [0, 0.05) is 55.8 Å². The van der Waals surface area contributed by atoms with E-state index in [-0.39, 0.29) is 24.7 Å². The first-order chi connectivity index (χ1) is 26.7. The number of rotatable bonds is 14. The highest BCUT2D eigenvalue weighted by Crippen LogP contribution is 2.44. The molecular weight excluding hydrogens is 710 g/mol. The van der Waals surface area contributed by atoms with Crippen molar-refractivity contribution in [2.75, 3.05) is 19.7 Å². The van der Waals surface area contributed by atoms with E-state index in [1.165, 1.54) is 23.1 Å². The molecule has 1 unspecified atom stereocenters. The zero-order valence-corrected chi connectivity index (χ0v) is 32.5. The lowest BCUT2D eigenvalue weighted by Gasteiger charge is -2.45. The molecule has 1 amide bonds. The van der Waals surface area contributed by atoms with Crippen molar-refractivity contribution in [3.8, 4) is 40.5 Å². The van der Waals surface area contributed by atoms with Gasteiger partial charge in [-0.25, -0.2) is 0 Å². The Hall–Kier alpha value is -5.06. The Bertz CT molecular complexity index is 2090. The molecule has 4 atom stereocenters. The first kappa shape index (κ1) is 38.2. The van der Waals surface area contributed by atoms with Gasteiger partial charge in [-0.2, -0.15) is 10.5 Å². The number of nitriles is 2. The first-order valence-corrected chi connectivity index (χ1v) is 19.7. The summed E-state index contributed by atoms with van der Waals surface area (Å²) in [6, 6.07) is 27.2. The maximum atomic E-state index is 11.7. The number of benzene rings is 4. The molecule has 0 aromatic heterocycles.